The first kappa shape index (κ1) is 15.9. The van der Waals surface area contributed by atoms with E-state index < -0.39 is 0 Å². The predicted molar refractivity (Wildman–Crippen MR) is 79.5 cm³/mol. The molecule has 2 rings (SSSR count). The average molecular weight is 305 g/mol. The first-order valence-corrected chi connectivity index (χ1v) is 6.94. The molecule has 2 aromatic heterocycles. The molecule has 8 heteroatoms. The molecule has 0 saturated heterocycles. The van der Waals surface area contributed by atoms with Crippen LogP contribution >= 0.6 is 0 Å². The van der Waals surface area contributed by atoms with Crippen LogP contribution in [0.5, 0.6) is 0 Å². The molecule has 2 heterocycles. The second-order valence-electron chi connectivity index (χ2n) is 4.91. The van der Waals surface area contributed by atoms with Crippen LogP contribution in [0.1, 0.15) is 17.4 Å². The number of hydrogen-bond donors (Lipinski definition) is 1. The van der Waals surface area contributed by atoms with Crippen molar-refractivity contribution in [2.45, 2.75) is 26.1 Å². The lowest BCUT2D eigenvalue weighted by molar-refractivity contribution is 0.0928. The van der Waals surface area contributed by atoms with Crippen molar-refractivity contribution < 1.29 is 9.53 Å². The molecule has 0 fully saturated rings. The summed E-state index contributed by atoms with van der Waals surface area (Å²) in [6, 6.07) is 2.66. The zero-order valence-electron chi connectivity index (χ0n) is 12.6. The van der Waals surface area contributed by atoms with Crippen LogP contribution in [0.2, 0.25) is 0 Å². The molecule has 118 valence electrons. The standard InChI is InChI=1S/C14H19N5O3/c1-11(9-18-6-5-15-10-18)16-14(21)12-3-4-13(20)19(17-12)7-8-22-2/h3-6,10-11H,7-9H2,1-2H3,(H,16,21)/t11-/m0/s1. The lowest BCUT2D eigenvalue weighted by Crippen LogP contribution is -2.37. The van der Waals surface area contributed by atoms with Crippen LogP contribution in [0.3, 0.4) is 0 Å². The monoisotopic (exact) mass is 305 g/mol. The molecule has 0 saturated carbocycles. The van der Waals surface area contributed by atoms with E-state index in [4.69, 9.17) is 4.74 Å². The van der Waals surface area contributed by atoms with E-state index in [1.165, 1.54) is 16.8 Å². The fourth-order valence-electron chi connectivity index (χ4n) is 1.96. The number of nitrogens with one attached hydrogen (secondary N) is 1. The Kier molecular flexibility index (Phi) is 5.42. The van der Waals surface area contributed by atoms with E-state index in [1.54, 1.807) is 19.6 Å². The van der Waals surface area contributed by atoms with Crippen molar-refractivity contribution in [1.82, 2.24) is 24.6 Å². The normalized spacial score (nSPS) is 12.1. The molecule has 1 amide bonds. The summed E-state index contributed by atoms with van der Waals surface area (Å²) in [6.07, 6.45) is 5.19. The van der Waals surface area contributed by atoms with E-state index in [-0.39, 0.29) is 23.2 Å². The quantitative estimate of drug-likeness (QED) is 0.771. The molecule has 0 aromatic carbocycles. The SMILES string of the molecule is COCCn1nc(C(=O)N[C@@H](C)Cn2ccnc2)ccc1=O. The Morgan fingerprint density at radius 3 is 2.95 bits per heavy atom. The third kappa shape index (κ3) is 4.26. The van der Waals surface area contributed by atoms with Gasteiger partial charge in [0.15, 0.2) is 0 Å². The molecule has 0 bridgehead atoms. The van der Waals surface area contributed by atoms with Crippen LogP contribution in [0.25, 0.3) is 0 Å². The molecule has 8 nitrogen and oxygen atoms in total. The predicted octanol–water partition coefficient (Wildman–Crippen LogP) is -0.0953. The van der Waals surface area contributed by atoms with E-state index in [0.717, 1.165) is 0 Å². The highest BCUT2D eigenvalue weighted by molar-refractivity contribution is 5.92. The summed E-state index contributed by atoms with van der Waals surface area (Å²) in [4.78, 5) is 27.8. The molecule has 0 unspecified atom stereocenters. The van der Waals surface area contributed by atoms with Gasteiger partial charge in [0, 0.05) is 38.2 Å². The van der Waals surface area contributed by atoms with Gasteiger partial charge in [0.25, 0.3) is 11.5 Å². The zero-order chi connectivity index (χ0) is 15.9. The van der Waals surface area contributed by atoms with Crippen LogP contribution in [0, 0.1) is 0 Å². The smallest absolute Gasteiger partial charge is 0.271 e. The Balaban J connectivity index is 2.01. The second-order valence-corrected chi connectivity index (χ2v) is 4.91. The molecule has 0 aliphatic rings. The minimum absolute atomic E-state index is 0.0946. The van der Waals surface area contributed by atoms with Crippen molar-refractivity contribution in [3.63, 3.8) is 0 Å². The second kappa shape index (κ2) is 7.51. The molecule has 0 aliphatic heterocycles. The van der Waals surface area contributed by atoms with Crippen molar-refractivity contribution >= 4 is 5.91 Å². The Labute approximate surface area is 127 Å². The average Bonchev–Trinajstić information content (AvgIpc) is 2.99. The van der Waals surface area contributed by atoms with Gasteiger partial charge >= 0.3 is 0 Å². The molecule has 0 aliphatic carbocycles. The maximum absolute atomic E-state index is 12.2. The summed E-state index contributed by atoms with van der Waals surface area (Å²) >= 11 is 0. The van der Waals surface area contributed by atoms with Crippen LogP contribution in [-0.4, -0.2) is 45.0 Å². The highest BCUT2D eigenvalue weighted by atomic mass is 16.5. The first-order chi connectivity index (χ1) is 10.6. The Hall–Kier alpha value is -2.48. The van der Waals surface area contributed by atoms with E-state index in [0.29, 0.717) is 19.7 Å². The van der Waals surface area contributed by atoms with Gasteiger partial charge in [-0.2, -0.15) is 5.10 Å². The molecular weight excluding hydrogens is 286 g/mol. The van der Waals surface area contributed by atoms with Crippen molar-refractivity contribution in [3.05, 3.63) is 46.9 Å². The molecule has 0 spiro atoms. The Morgan fingerprint density at radius 1 is 1.45 bits per heavy atom. The van der Waals surface area contributed by atoms with Crippen LogP contribution < -0.4 is 10.9 Å². The number of methoxy groups -OCH3 is 1. The lowest BCUT2D eigenvalue weighted by atomic mass is 10.3. The van der Waals surface area contributed by atoms with Gasteiger partial charge in [-0.05, 0) is 13.0 Å². The molecule has 22 heavy (non-hydrogen) atoms. The van der Waals surface area contributed by atoms with Gasteiger partial charge in [0.1, 0.15) is 5.69 Å². The van der Waals surface area contributed by atoms with Crippen molar-refractivity contribution in [1.29, 1.82) is 0 Å². The van der Waals surface area contributed by atoms with Crippen molar-refractivity contribution in [3.8, 4) is 0 Å². The van der Waals surface area contributed by atoms with Gasteiger partial charge in [-0.25, -0.2) is 9.67 Å². The van der Waals surface area contributed by atoms with E-state index in [1.807, 2.05) is 17.7 Å². The molecule has 2 aromatic rings. The Morgan fingerprint density at radius 2 is 2.27 bits per heavy atom. The number of ether oxygens (including phenoxy) is 1. The van der Waals surface area contributed by atoms with Crippen LogP contribution in [0.4, 0.5) is 0 Å². The summed E-state index contributed by atoms with van der Waals surface area (Å²) in [6.45, 7) is 3.16. The van der Waals surface area contributed by atoms with Crippen LogP contribution in [0.15, 0.2) is 35.6 Å². The summed E-state index contributed by atoms with van der Waals surface area (Å²) in [5, 5.41) is 6.89. The molecule has 0 radical (unpaired) electrons. The lowest BCUT2D eigenvalue weighted by Gasteiger charge is -2.14. The Bertz CT molecular complexity index is 665. The fraction of sp³-hybridized carbons (Fsp3) is 0.429. The topological polar surface area (TPSA) is 91.0 Å². The van der Waals surface area contributed by atoms with Crippen molar-refractivity contribution in [2.24, 2.45) is 0 Å². The minimum Gasteiger partial charge on any atom is -0.383 e. The van der Waals surface area contributed by atoms with Gasteiger partial charge in [0.2, 0.25) is 0 Å². The number of imidazole rings is 1. The summed E-state index contributed by atoms with van der Waals surface area (Å²) in [5.74, 6) is -0.321. The third-order valence-electron chi connectivity index (χ3n) is 3.03. The number of rotatable bonds is 7. The van der Waals surface area contributed by atoms with Gasteiger partial charge in [-0.15, -0.1) is 0 Å². The molecule has 1 atom stereocenters. The highest BCUT2D eigenvalue weighted by Crippen LogP contribution is 1.96. The number of nitrogens with zero attached hydrogens (tertiary/aromatic N) is 4. The molecular formula is C14H19N5O3. The van der Waals surface area contributed by atoms with Gasteiger partial charge in [-0.1, -0.05) is 0 Å². The largest absolute Gasteiger partial charge is 0.383 e. The minimum atomic E-state index is -0.321. The third-order valence-corrected chi connectivity index (χ3v) is 3.03. The van der Waals surface area contributed by atoms with E-state index in [2.05, 4.69) is 15.4 Å². The maximum Gasteiger partial charge on any atom is 0.271 e. The zero-order valence-corrected chi connectivity index (χ0v) is 12.6. The number of aromatic nitrogens is 4. The van der Waals surface area contributed by atoms with Gasteiger partial charge in [0.05, 0.1) is 19.5 Å². The number of carbonyl (C=O) groups excluding carboxylic acids is 1. The number of hydrogen-bond acceptors (Lipinski definition) is 5. The van der Waals surface area contributed by atoms with Gasteiger partial charge < -0.3 is 14.6 Å². The molecule has 1 N–H and O–H groups in total. The van der Waals surface area contributed by atoms with E-state index in [9.17, 15) is 9.59 Å². The van der Waals surface area contributed by atoms with Crippen molar-refractivity contribution in [2.75, 3.05) is 13.7 Å². The maximum atomic E-state index is 12.2. The van der Waals surface area contributed by atoms with Gasteiger partial charge in [-0.3, -0.25) is 9.59 Å². The first-order valence-electron chi connectivity index (χ1n) is 6.94. The number of amides is 1. The summed E-state index contributed by atoms with van der Waals surface area (Å²) in [5.41, 5.74) is -0.0618. The number of carbonyl (C=O) groups is 1. The highest BCUT2D eigenvalue weighted by Gasteiger charge is 2.13. The van der Waals surface area contributed by atoms with Crippen LogP contribution in [-0.2, 0) is 17.8 Å². The summed E-state index contributed by atoms with van der Waals surface area (Å²) < 4.78 is 8.01. The fourth-order valence-corrected chi connectivity index (χ4v) is 1.96. The summed E-state index contributed by atoms with van der Waals surface area (Å²) in [7, 11) is 1.54. The van der Waals surface area contributed by atoms with E-state index >= 15 is 0 Å².